The van der Waals surface area contributed by atoms with Crippen molar-refractivity contribution in [3.05, 3.63) is 118 Å². The fourth-order valence-electron chi connectivity index (χ4n) is 6.22. The second-order valence-corrected chi connectivity index (χ2v) is 11.6. The second kappa shape index (κ2) is 13.9. The summed E-state index contributed by atoms with van der Waals surface area (Å²) in [6, 6.07) is 20.3. The molecule has 4 aromatic rings. The van der Waals surface area contributed by atoms with E-state index in [0.717, 1.165) is 109 Å². The molecular weight excluding hydrogens is 580 g/mol. The maximum atomic E-state index is 9.37. The van der Waals surface area contributed by atoms with Crippen molar-refractivity contribution in [2.24, 2.45) is 9.98 Å². The summed E-state index contributed by atoms with van der Waals surface area (Å²) in [5.74, 6) is 1.94. The molecule has 2 saturated heterocycles. The van der Waals surface area contributed by atoms with Gasteiger partial charge in [-0.3, -0.25) is 9.98 Å². The first kappa shape index (κ1) is 30.2. The molecule has 10 nitrogen and oxygen atoms in total. The summed E-state index contributed by atoms with van der Waals surface area (Å²) in [4.78, 5) is 22.9. The van der Waals surface area contributed by atoms with E-state index in [1.807, 2.05) is 48.8 Å². The van der Waals surface area contributed by atoms with Crippen LogP contribution in [0.3, 0.4) is 0 Å². The predicted molar refractivity (Wildman–Crippen MR) is 178 cm³/mol. The fraction of sp³-hybridized carbons (Fsp3) is 0.333. The highest BCUT2D eigenvalue weighted by Crippen LogP contribution is 2.27. The van der Waals surface area contributed by atoms with Crippen LogP contribution in [0.5, 0.6) is 0 Å². The van der Waals surface area contributed by atoms with Crippen LogP contribution in [0, 0.1) is 0 Å². The summed E-state index contributed by atoms with van der Waals surface area (Å²) in [5.41, 5.74) is 10.6. The Labute approximate surface area is 268 Å². The maximum absolute atomic E-state index is 9.37. The van der Waals surface area contributed by atoms with Gasteiger partial charge in [-0.1, -0.05) is 24.3 Å². The molecule has 2 aromatic heterocycles. The van der Waals surface area contributed by atoms with Crippen LogP contribution in [0.4, 0.5) is 11.6 Å². The van der Waals surface area contributed by atoms with E-state index in [-0.39, 0.29) is 13.2 Å². The van der Waals surface area contributed by atoms with Crippen molar-refractivity contribution in [2.45, 2.75) is 26.3 Å². The third-order valence-corrected chi connectivity index (χ3v) is 8.75. The zero-order valence-corrected chi connectivity index (χ0v) is 25.8. The Morgan fingerprint density at radius 1 is 0.565 bits per heavy atom. The SMILES string of the molecule is OCc1ccc2c(c1)C(c1ccnc(N3CCOCC3)c1)=NC2.OCc1ccc2c(c1)C(c1ccnc(N3CCOCC3)c1)=NC2. The average molecular weight is 619 g/mol. The molecule has 6 heterocycles. The molecule has 0 saturated carbocycles. The lowest BCUT2D eigenvalue weighted by Gasteiger charge is -2.28. The number of morpholine rings is 2. The third-order valence-electron chi connectivity index (χ3n) is 8.75. The Kier molecular flexibility index (Phi) is 9.11. The smallest absolute Gasteiger partial charge is 0.129 e. The lowest BCUT2D eigenvalue weighted by molar-refractivity contribution is 0.122. The minimum Gasteiger partial charge on any atom is -0.392 e. The molecule has 236 valence electrons. The van der Waals surface area contributed by atoms with Crippen LogP contribution in [0.2, 0.25) is 0 Å². The fourth-order valence-corrected chi connectivity index (χ4v) is 6.22. The number of pyridine rings is 2. The van der Waals surface area contributed by atoms with Crippen LogP contribution in [0.1, 0.15) is 44.5 Å². The number of ether oxygens (including phenoxy) is 2. The van der Waals surface area contributed by atoms with Gasteiger partial charge in [-0.05, 0) is 58.7 Å². The van der Waals surface area contributed by atoms with E-state index >= 15 is 0 Å². The van der Waals surface area contributed by atoms with E-state index in [1.165, 1.54) is 11.1 Å². The molecule has 0 unspecified atom stereocenters. The van der Waals surface area contributed by atoms with Crippen molar-refractivity contribution in [3.63, 3.8) is 0 Å². The molecule has 46 heavy (non-hydrogen) atoms. The lowest BCUT2D eigenvalue weighted by atomic mass is 9.98. The van der Waals surface area contributed by atoms with Crippen molar-refractivity contribution in [1.29, 1.82) is 0 Å². The van der Waals surface area contributed by atoms with E-state index in [9.17, 15) is 10.2 Å². The molecule has 0 amide bonds. The van der Waals surface area contributed by atoms with Gasteiger partial charge in [-0.25, -0.2) is 9.97 Å². The molecule has 8 rings (SSSR count). The van der Waals surface area contributed by atoms with Crippen molar-refractivity contribution in [2.75, 3.05) is 62.4 Å². The van der Waals surface area contributed by atoms with Crippen LogP contribution in [-0.2, 0) is 35.8 Å². The number of fused-ring (bicyclic) bond motifs is 2. The number of aliphatic hydroxyl groups excluding tert-OH is 2. The van der Waals surface area contributed by atoms with Gasteiger partial charge in [0.05, 0.1) is 64.2 Å². The quantitative estimate of drug-likeness (QED) is 0.337. The van der Waals surface area contributed by atoms with E-state index in [2.05, 4.69) is 44.0 Å². The number of aliphatic imine (C=N–C) groups is 2. The molecule has 4 aliphatic heterocycles. The largest absolute Gasteiger partial charge is 0.392 e. The Hall–Kier alpha value is -4.48. The van der Waals surface area contributed by atoms with E-state index in [4.69, 9.17) is 19.5 Å². The minimum absolute atomic E-state index is 0.0515. The second-order valence-electron chi connectivity index (χ2n) is 11.6. The van der Waals surface area contributed by atoms with Crippen LogP contribution in [0.25, 0.3) is 0 Å². The molecule has 0 radical (unpaired) electrons. The summed E-state index contributed by atoms with van der Waals surface area (Å²) in [6.07, 6.45) is 3.69. The van der Waals surface area contributed by atoms with Gasteiger partial charge in [-0.2, -0.15) is 0 Å². The number of aliphatic hydroxyl groups is 2. The first-order valence-electron chi connectivity index (χ1n) is 15.8. The number of anilines is 2. The summed E-state index contributed by atoms with van der Waals surface area (Å²) in [5, 5.41) is 18.7. The van der Waals surface area contributed by atoms with Gasteiger partial charge in [0.15, 0.2) is 0 Å². The Bertz CT molecular complexity index is 1630. The molecule has 0 spiro atoms. The standard InChI is InChI=1S/2C18H19N3O2/c2*22-12-13-1-2-15-11-20-18(16(15)9-13)14-3-4-19-17(10-14)21-5-7-23-8-6-21/h2*1-4,9-10,22H,5-8,11-12H2. The third kappa shape index (κ3) is 6.43. The van der Waals surface area contributed by atoms with Crippen molar-refractivity contribution >= 4 is 23.1 Å². The molecule has 10 heteroatoms. The topological polar surface area (TPSA) is 116 Å². The van der Waals surface area contributed by atoms with Crippen LogP contribution in [-0.4, -0.2) is 84.2 Å². The van der Waals surface area contributed by atoms with Gasteiger partial charge in [-0.15, -0.1) is 0 Å². The highest BCUT2D eigenvalue weighted by atomic mass is 16.5. The Morgan fingerprint density at radius 2 is 1.00 bits per heavy atom. The molecule has 2 aromatic carbocycles. The normalized spacial score (nSPS) is 17.1. The molecule has 2 N–H and O–H groups in total. The van der Waals surface area contributed by atoms with E-state index < -0.39 is 0 Å². The van der Waals surface area contributed by atoms with Gasteiger partial charge >= 0.3 is 0 Å². The molecule has 0 aliphatic carbocycles. The maximum Gasteiger partial charge on any atom is 0.129 e. The first-order chi connectivity index (χ1) is 22.7. The van der Waals surface area contributed by atoms with Crippen molar-refractivity contribution in [1.82, 2.24) is 9.97 Å². The van der Waals surface area contributed by atoms with Gasteiger partial charge in [0.2, 0.25) is 0 Å². The zero-order chi connectivity index (χ0) is 31.3. The average Bonchev–Trinajstić information content (AvgIpc) is 3.76. The molecule has 0 bridgehead atoms. The highest BCUT2D eigenvalue weighted by Gasteiger charge is 2.21. The first-order valence-corrected chi connectivity index (χ1v) is 15.8. The molecule has 2 fully saturated rings. The van der Waals surface area contributed by atoms with E-state index in [1.54, 1.807) is 0 Å². The highest BCUT2D eigenvalue weighted by molar-refractivity contribution is 6.16. The Morgan fingerprint density at radius 3 is 1.41 bits per heavy atom. The summed E-state index contributed by atoms with van der Waals surface area (Å²) < 4.78 is 10.8. The van der Waals surface area contributed by atoms with E-state index in [0.29, 0.717) is 13.1 Å². The summed E-state index contributed by atoms with van der Waals surface area (Å²) in [6.45, 7) is 7.96. The van der Waals surface area contributed by atoms with Crippen LogP contribution in [0.15, 0.2) is 83.0 Å². The molecule has 4 aliphatic rings. The number of hydrogen-bond acceptors (Lipinski definition) is 10. The number of hydrogen-bond donors (Lipinski definition) is 2. The predicted octanol–water partition coefficient (Wildman–Crippen LogP) is 3.52. The number of rotatable bonds is 6. The number of nitrogens with zero attached hydrogens (tertiary/aromatic N) is 6. The van der Waals surface area contributed by atoms with Crippen LogP contribution < -0.4 is 9.80 Å². The number of benzene rings is 2. The van der Waals surface area contributed by atoms with Crippen LogP contribution >= 0.6 is 0 Å². The van der Waals surface area contributed by atoms with Crippen molar-refractivity contribution < 1.29 is 19.7 Å². The van der Waals surface area contributed by atoms with Crippen molar-refractivity contribution in [3.8, 4) is 0 Å². The lowest BCUT2D eigenvalue weighted by Crippen LogP contribution is -2.36. The number of aromatic nitrogens is 2. The summed E-state index contributed by atoms with van der Waals surface area (Å²) in [7, 11) is 0. The van der Waals surface area contributed by atoms with Gasteiger partial charge in [0.1, 0.15) is 11.6 Å². The molecule has 0 atom stereocenters. The van der Waals surface area contributed by atoms with Gasteiger partial charge < -0.3 is 29.5 Å². The molecular formula is C36H38N6O4. The minimum atomic E-state index is 0.0515. The van der Waals surface area contributed by atoms with Gasteiger partial charge in [0.25, 0.3) is 0 Å². The van der Waals surface area contributed by atoms with Gasteiger partial charge in [0, 0.05) is 60.8 Å². The monoisotopic (exact) mass is 618 g/mol. The Balaban J connectivity index is 0.000000147. The summed E-state index contributed by atoms with van der Waals surface area (Å²) >= 11 is 0. The zero-order valence-electron chi connectivity index (χ0n) is 25.8.